The largest absolute Gasteiger partial charge is 0.497 e. The van der Waals surface area contributed by atoms with Crippen molar-refractivity contribution < 1.29 is 17.9 Å². The summed E-state index contributed by atoms with van der Waals surface area (Å²) in [5.41, 5.74) is 1.87. The Morgan fingerprint density at radius 2 is 1.67 bits per heavy atom. The van der Waals surface area contributed by atoms with Gasteiger partial charge in [0.1, 0.15) is 5.75 Å². The Morgan fingerprint density at radius 1 is 1.03 bits per heavy atom. The van der Waals surface area contributed by atoms with E-state index in [0.717, 1.165) is 37.4 Å². The molecule has 1 saturated heterocycles. The van der Waals surface area contributed by atoms with Crippen LogP contribution in [0, 0.1) is 6.92 Å². The van der Waals surface area contributed by atoms with Crippen LogP contribution in [0.4, 0.5) is 0 Å². The Morgan fingerprint density at radius 3 is 2.24 bits per heavy atom. The number of rotatable bonds is 7. The topological polar surface area (TPSA) is 79.0 Å². The molecule has 0 atom stereocenters. The minimum absolute atomic E-state index is 0.115. The Balaban J connectivity index is 1.61. The van der Waals surface area contributed by atoms with Crippen molar-refractivity contribution in [2.45, 2.75) is 44.6 Å². The monoisotopic (exact) mass is 473 g/mol. The smallest absolute Gasteiger partial charge is 0.254 e. The summed E-state index contributed by atoms with van der Waals surface area (Å²) in [7, 11) is -2.04. The highest BCUT2D eigenvalue weighted by molar-refractivity contribution is 7.89. The SMILES string of the molecule is COc1ccc(CCN2CCN(C(=O)c3cc(S(=O)(=O)NC(C)(C)C)ccc3C)CC2)cc1. The lowest BCUT2D eigenvalue weighted by Gasteiger charge is -2.35. The number of hydrogen-bond acceptors (Lipinski definition) is 5. The van der Waals surface area contributed by atoms with Crippen molar-refractivity contribution in [3.05, 3.63) is 59.2 Å². The van der Waals surface area contributed by atoms with Crippen molar-refractivity contribution in [1.82, 2.24) is 14.5 Å². The second-order valence-electron chi connectivity index (χ2n) is 9.56. The van der Waals surface area contributed by atoms with Crippen LogP contribution in [-0.2, 0) is 16.4 Å². The van der Waals surface area contributed by atoms with Gasteiger partial charge in [-0.15, -0.1) is 0 Å². The molecule has 2 aromatic carbocycles. The summed E-state index contributed by atoms with van der Waals surface area (Å²) in [5.74, 6) is 0.738. The maximum atomic E-state index is 13.2. The molecule has 0 spiro atoms. The third-order valence-electron chi connectivity index (χ3n) is 5.73. The standard InChI is InChI=1S/C25H35N3O4S/c1-19-6-11-22(33(30,31)26-25(2,3)4)18-23(19)24(29)28-16-14-27(15-17-28)13-12-20-7-9-21(32-5)10-8-20/h6-11,18,26H,12-17H2,1-5H3. The van der Waals surface area contributed by atoms with E-state index in [9.17, 15) is 13.2 Å². The molecule has 3 rings (SSSR count). The van der Waals surface area contributed by atoms with Gasteiger partial charge in [0.25, 0.3) is 5.91 Å². The van der Waals surface area contributed by atoms with E-state index < -0.39 is 15.6 Å². The number of aryl methyl sites for hydroxylation is 1. The maximum absolute atomic E-state index is 13.2. The molecule has 0 unspecified atom stereocenters. The van der Waals surface area contributed by atoms with Gasteiger partial charge in [0, 0.05) is 43.8 Å². The van der Waals surface area contributed by atoms with E-state index in [1.807, 2.05) is 24.0 Å². The van der Waals surface area contributed by atoms with Crippen molar-refractivity contribution in [2.75, 3.05) is 39.8 Å². The highest BCUT2D eigenvalue weighted by Crippen LogP contribution is 2.20. The number of nitrogens with one attached hydrogen (secondary N) is 1. The van der Waals surface area contributed by atoms with Crippen LogP contribution in [-0.4, -0.2) is 69.5 Å². The molecule has 2 aromatic rings. The Bertz CT molecular complexity index is 1070. The number of hydrogen-bond donors (Lipinski definition) is 1. The normalized spacial score (nSPS) is 15.5. The third-order valence-corrected chi connectivity index (χ3v) is 7.48. The number of sulfonamides is 1. The molecular formula is C25H35N3O4S. The summed E-state index contributed by atoms with van der Waals surface area (Å²) in [6.45, 7) is 11.0. The maximum Gasteiger partial charge on any atom is 0.254 e. The lowest BCUT2D eigenvalue weighted by atomic mass is 10.1. The van der Waals surface area contributed by atoms with Crippen LogP contribution in [0.2, 0.25) is 0 Å². The first-order valence-electron chi connectivity index (χ1n) is 11.3. The summed E-state index contributed by atoms with van der Waals surface area (Å²) in [6.07, 6.45) is 0.942. The van der Waals surface area contributed by atoms with Gasteiger partial charge < -0.3 is 9.64 Å². The lowest BCUT2D eigenvalue weighted by Crippen LogP contribution is -2.49. The molecule has 1 aliphatic rings. The first kappa shape index (κ1) is 25.2. The number of benzene rings is 2. The molecule has 1 amide bonds. The van der Waals surface area contributed by atoms with E-state index in [-0.39, 0.29) is 10.8 Å². The van der Waals surface area contributed by atoms with E-state index in [2.05, 4.69) is 21.8 Å². The van der Waals surface area contributed by atoms with Crippen molar-refractivity contribution in [2.24, 2.45) is 0 Å². The summed E-state index contributed by atoms with van der Waals surface area (Å²) < 4.78 is 33.3. The zero-order valence-corrected chi connectivity index (χ0v) is 21.0. The summed E-state index contributed by atoms with van der Waals surface area (Å²) in [4.78, 5) is 17.5. The van der Waals surface area contributed by atoms with Crippen molar-refractivity contribution in [1.29, 1.82) is 0 Å². The minimum Gasteiger partial charge on any atom is -0.497 e. The molecule has 0 saturated carbocycles. The molecule has 0 bridgehead atoms. The van der Waals surface area contributed by atoms with Crippen LogP contribution in [0.3, 0.4) is 0 Å². The number of carbonyl (C=O) groups is 1. The molecule has 33 heavy (non-hydrogen) atoms. The van der Waals surface area contributed by atoms with Gasteiger partial charge in [0.05, 0.1) is 12.0 Å². The van der Waals surface area contributed by atoms with Gasteiger partial charge in [0.15, 0.2) is 0 Å². The highest BCUT2D eigenvalue weighted by Gasteiger charge is 2.26. The fourth-order valence-electron chi connectivity index (χ4n) is 3.89. The Kier molecular flexibility index (Phi) is 7.82. The summed E-state index contributed by atoms with van der Waals surface area (Å²) in [6, 6.07) is 12.9. The van der Waals surface area contributed by atoms with Crippen LogP contribution in [0.15, 0.2) is 47.4 Å². The average molecular weight is 474 g/mol. The second kappa shape index (κ2) is 10.2. The summed E-state index contributed by atoms with van der Waals surface area (Å²) >= 11 is 0. The molecule has 180 valence electrons. The van der Waals surface area contributed by atoms with Crippen LogP contribution < -0.4 is 9.46 Å². The second-order valence-corrected chi connectivity index (χ2v) is 11.2. The Hall–Kier alpha value is -2.42. The molecule has 0 aromatic heterocycles. The van der Waals surface area contributed by atoms with E-state index in [0.29, 0.717) is 18.7 Å². The highest BCUT2D eigenvalue weighted by atomic mass is 32.2. The lowest BCUT2D eigenvalue weighted by molar-refractivity contribution is 0.0637. The van der Waals surface area contributed by atoms with Gasteiger partial charge in [-0.1, -0.05) is 18.2 Å². The molecule has 0 radical (unpaired) electrons. The fraction of sp³-hybridized carbons (Fsp3) is 0.480. The zero-order valence-electron chi connectivity index (χ0n) is 20.2. The quantitative estimate of drug-likeness (QED) is 0.669. The first-order chi connectivity index (χ1) is 15.5. The summed E-state index contributed by atoms with van der Waals surface area (Å²) in [5, 5.41) is 0. The van der Waals surface area contributed by atoms with Crippen LogP contribution in [0.25, 0.3) is 0 Å². The fourth-order valence-corrected chi connectivity index (χ4v) is 5.33. The number of ether oxygens (including phenoxy) is 1. The molecule has 1 aliphatic heterocycles. The predicted molar refractivity (Wildman–Crippen MR) is 130 cm³/mol. The van der Waals surface area contributed by atoms with Crippen molar-refractivity contribution in [3.8, 4) is 5.75 Å². The number of methoxy groups -OCH3 is 1. The first-order valence-corrected chi connectivity index (χ1v) is 12.8. The number of nitrogens with zero attached hydrogens (tertiary/aromatic N) is 2. The number of amides is 1. The van der Waals surface area contributed by atoms with Gasteiger partial charge in [-0.25, -0.2) is 13.1 Å². The van der Waals surface area contributed by atoms with Gasteiger partial charge in [0.2, 0.25) is 10.0 Å². The third kappa shape index (κ3) is 6.79. The average Bonchev–Trinajstić information content (AvgIpc) is 2.76. The molecule has 1 fully saturated rings. The van der Waals surface area contributed by atoms with Gasteiger partial charge in [-0.3, -0.25) is 9.69 Å². The van der Waals surface area contributed by atoms with Crippen molar-refractivity contribution in [3.63, 3.8) is 0 Å². The minimum atomic E-state index is -3.71. The molecule has 8 heteroatoms. The van der Waals surface area contributed by atoms with Gasteiger partial charge in [-0.05, 0) is 69.5 Å². The van der Waals surface area contributed by atoms with Crippen LogP contribution >= 0.6 is 0 Å². The zero-order chi connectivity index (χ0) is 24.2. The predicted octanol–water partition coefficient (Wildman–Crippen LogP) is 3.08. The van der Waals surface area contributed by atoms with E-state index in [4.69, 9.17) is 4.74 Å². The molecule has 1 heterocycles. The Labute approximate surface area is 197 Å². The van der Waals surface area contributed by atoms with E-state index in [1.165, 1.54) is 11.6 Å². The van der Waals surface area contributed by atoms with E-state index >= 15 is 0 Å². The number of piperazine rings is 1. The van der Waals surface area contributed by atoms with Crippen LogP contribution in [0.5, 0.6) is 5.75 Å². The van der Waals surface area contributed by atoms with Gasteiger partial charge >= 0.3 is 0 Å². The molecule has 1 N–H and O–H groups in total. The van der Waals surface area contributed by atoms with Crippen LogP contribution in [0.1, 0.15) is 42.3 Å². The van der Waals surface area contributed by atoms with Crippen molar-refractivity contribution >= 4 is 15.9 Å². The molecular weight excluding hydrogens is 438 g/mol. The van der Waals surface area contributed by atoms with E-state index in [1.54, 1.807) is 40.0 Å². The number of carbonyl (C=O) groups excluding carboxylic acids is 1. The molecule has 0 aliphatic carbocycles. The molecule has 7 nitrogen and oxygen atoms in total. The van der Waals surface area contributed by atoms with Gasteiger partial charge in [-0.2, -0.15) is 0 Å².